The van der Waals surface area contributed by atoms with Gasteiger partial charge in [-0.2, -0.15) is 0 Å². The topological polar surface area (TPSA) is 53.9 Å². The molecule has 0 aliphatic carbocycles. The van der Waals surface area contributed by atoms with Crippen LogP contribution in [-0.2, 0) is 6.42 Å². The van der Waals surface area contributed by atoms with Crippen molar-refractivity contribution in [2.75, 3.05) is 25.0 Å². The fourth-order valence-electron chi connectivity index (χ4n) is 3.19. The Morgan fingerprint density at radius 3 is 2.72 bits per heavy atom. The highest BCUT2D eigenvalue weighted by atomic mass is 15.2. The molecule has 1 saturated heterocycles. The summed E-state index contributed by atoms with van der Waals surface area (Å²) in [5.41, 5.74) is 3.09. The molecular weight excluding hydrogens is 310 g/mol. The van der Waals surface area contributed by atoms with Gasteiger partial charge in [0, 0.05) is 43.6 Å². The summed E-state index contributed by atoms with van der Waals surface area (Å²) in [5, 5.41) is 3.61. The van der Waals surface area contributed by atoms with Crippen LogP contribution in [0.3, 0.4) is 0 Å². The van der Waals surface area contributed by atoms with Gasteiger partial charge in [0.2, 0.25) is 0 Å². The molecular formula is C20H27N5. The normalized spacial score (nSPS) is 15.9. The van der Waals surface area contributed by atoms with Gasteiger partial charge in [0.1, 0.15) is 11.5 Å². The zero-order valence-electron chi connectivity index (χ0n) is 15.2. The van der Waals surface area contributed by atoms with E-state index < -0.39 is 0 Å². The molecule has 1 N–H and O–H groups in total. The lowest BCUT2D eigenvalue weighted by Gasteiger charge is -2.32. The molecule has 0 bridgehead atoms. The standard InChI is InChI=1S/C20H27N5/c1-4-16-13-19(24-20(23-16)18-7-5-6-10-21-18)22-17-8-11-25(12-9-17)14-15(2)3/h5-7,10,13,17H,2,4,8-9,11-12,14H2,1,3H3,(H,22,23,24). The molecule has 1 aliphatic rings. The quantitative estimate of drug-likeness (QED) is 0.817. The molecule has 5 heteroatoms. The summed E-state index contributed by atoms with van der Waals surface area (Å²) in [5.74, 6) is 1.60. The molecule has 0 amide bonds. The van der Waals surface area contributed by atoms with Gasteiger partial charge >= 0.3 is 0 Å². The number of piperidine rings is 1. The number of likely N-dealkylation sites (tertiary alicyclic amines) is 1. The molecule has 0 atom stereocenters. The Balaban J connectivity index is 1.69. The SMILES string of the molecule is C=C(C)CN1CCC(Nc2cc(CC)nc(-c3ccccn3)n2)CC1. The lowest BCUT2D eigenvalue weighted by Crippen LogP contribution is -2.39. The van der Waals surface area contributed by atoms with Crippen molar-refractivity contribution in [1.29, 1.82) is 0 Å². The van der Waals surface area contributed by atoms with Crippen LogP contribution in [0.4, 0.5) is 5.82 Å². The van der Waals surface area contributed by atoms with Crippen molar-refractivity contribution in [3.05, 3.63) is 48.3 Å². The van der Waals surface area contributed by atoms with Crippen molar-refractivity contribution in [2.24, 2.45) is 0 Å². The molecule has 25 heavy (non-hydrogen) atoms. The number of nitrogens with one attached hydrogen (secondary N) is 1. The molecule has 2 aromatic heterocycles. The fourth-order valence-corrected chi connectivity index (χ4v) is 3.19. The van der Waals surface area contributed by atoms with E-state index in [0.29, 0.717) is 11.9 Å². The highest BCUT2D eigenvalue weighted by Crippen LogP contribution is 2.20. The maximum absolute atomic E-state index is 4.70. The Hall–Kier alpha value is -2.27. The maximum Gasteiger partial charge on any atom is 0.180 e. The van der Waals surface area contributed by atoms with E-state index in [1.165, 1.54) is 5.57 Å². The summed E-state index contributed by atoms with van der Waals surface area (Å²) >= 11 is 0. The Labute approximate surface area is 150 Å². The van der Waals surface area contributed by atoms with Gasteiger partial charge in [-0.1, -0.05) is 25.1 Å². The van der Waals surface area contributed by atoms with Crippen molar-refractivity contribution in [1.82, 2.24) is 19.9 Å². The monoisotopic (exact) mass is 337 g/mol. The average Bonchev–Trinajstić information content (AvgIpc) is 2.63. The number of nitrogens with zero attached hydrogens (tertiary/aromatic N) is 4. The minimum atomic E-state index is 0.456. The van der Waals surface area contributed by atoms with Crippen LogP contribution in [0.5, 0.6) is 0 Å². The van der Waals surface area contributed by atoms with Gasteiger partial charge in [-0.15, -0.1) is 0 Å². The first-order valence-electron chi connectivity index (χ1n) is 9.06. The fraction of sp³-hybridized carbons (Fsp3) is 0.450. The van der Waals surface area contributed by atoms with E-state index in [1.54, 1.807) is 6.20 Å². The molecule has 2 aromatic rings. The van der Waals surface area contributed by atoms with Crippen LogP contribution < -0.4 is 5.32 Å². The van der Waals surface area contributed by atoms with E-state index in [0.717, 1.165) is 56.1 Å². The smallest absolute Gasteiger partial charge is 0.180 e. The van der Waals surface area contributed by atoms with Crippen molar-refractivity contribution >= 4 is 5.82 Å². The third-order valence-electron chi connectivity index (χ3n) is 4.47. The van der Waals surface area contributed by atoms with E-state index >= 15 is 0 Å². The number of hydrogen-bond acceptors (Lipinski definition) is 5. The van der Waals surface area contributed by atoms with Gasteiger partial charge in [0.25, 0.3) is 0 Å². The van der Waals surface area contributed by atoms with Crippen molar-refractivity contribution in [3.63, 3.8) is 0 Å². The minimum absolute atomic E-state index is 0.456. The van der Waals surface area contributed by atoms with Gasteiger partial charge in [-0.25, -0.2) is 9.97 Å². The van der Waals surface area contributed by atoms with E-state index in [4.69, 9.17) is 4.98 Å². The number of hydrogen-bond donors (Lipinski definition) is 1. The summed E-state index contributed by atoms with van der Waals surface area (Å²) in [6.07, 6.45) is 4.91. The van der Waals surface area contributed by atoms with Crippen LogP contribution in [0.25, 0.3) is 11.5 Å². The Bertz CT molecular complexity index is 705. The van der Waals surface area contributed by atoms with Crippen LogP contribution in [0.2, 0.25) is 0 Å². The van der Waals surface area contributed by atoms with Crippen LogP contribution >= 0.6 is 0 Å². The second-order valence-electron chi connectivity index (χ2n) is 6.79. The number of anilines is 1. The molecule has 1 aliphatic heterocycles. The molecule has 0 radical (unpaired) electrons. The molecule has 1 fully saturated rings. The van der Waals surface area contributed by atoms with E-state index in [1.807, 2.05) is 18.2 Å². The summed E-state index contributed by atoms with van der Waals surface area (Å²) < 4.78 is 0. The molecule has 0 unspecified atom stereocenters. The molecule has 5 nitrogen and oxygen atoms in total. The number of rotatable bonds is 6. The van der Waals surface area contributed by atoms with E-state index in [9.17, 15) is 0 Å². The third kappa shape index (κ3) is 4.86. The second kappa shape index (κ2) is 8.21. The summed E-state index contributed by atoms with van der Waals surface area (Å²) in [7, 11) is 0. The molecule has 3 heterocycles. The zero-order chi connectivity index (χ0) is 17.6. The lowest BCUT2D eigenvalue weighted by molar-refractivity contribution is 0.235. The molecule has 0 saturated carbocycles. The summed E-state index contributed by atoms with van der Waals surface area (Å²) in [6, 6.07) is 8.35. The molecule has 0 spiro atoms. The Kier molecular flexibility index (Phi) is 5.76. The van der Waals surface area contributed by atoms with Gasteiger partial charge in [0.05, 0.1) is 0 Å². The molecule has 132 valence electrons. The first-order chi connectivity index (χ1) is 12.1. The van der Waals surface area contributed by atoms with Crippen molar-refractivity contribution in [2.45, 2.75) is 39.2 Å². The van der Waals surface area contributed by atoms with Gasteiger partial charge in [-0.05, 0) is 38.3 Å². The van der Waals surface area contributed by atoms with Gasteiger partial charge < -0.3 is 5.32 Å². The van der Waals surface area contributed by atoms with E-state index in [2.05, 4.69) is 46.7 Å². The summed E-state index contributed by atoms with van der Waals surface area (Å²) in [6.45, 7) is 11.4. The largest absolute Gasteiger partial charge is 0.367 e. The second-order valence-corrected chi connectivity index (χ2v) is 6.79. The highest BCUT2D eigenvalue weighted by molar-refractivity contribution is 5.53. The number of aromatic nitrogens is 3. The Morgan fingerprint density at radius 1 is 1.28 bits per heavy atom. The summed E-state index contributed by atoms with van der Waals surface area (Å²) in [4.78, 5) is 16.2. The minimum Gasteiger partial charge on any atom is -0.367 e. The average molecular weight is 337 g/mol. The van der Waals surface area contributed by atoms with Gasteiger partial charge in [-0.3, -0.25) is 9.88 Å². The number of pyridine rings is 1. The van der Waals surface area contributed by atoms with E-state index in [-0.39, 0.29) is 0 Å². The predicted molar refractivity (Wildman–Crippen MR) is 103 cm³/mol. The predicted octanol–water partition coefficient (Wildman–Crippen LogP) is 3.55. The molecule has 3 rings (SSSR count). The lowest BCUT2D eigenvalue weighted by atomic mass is 10.0. The Morgan fingerprint density at radius 2 is 2.08 bits per heavy atom. The molecule has 0 aromatic carbocycles. The number of aryl methyl sites for hydroxylation is 1. The van der Waals surface area contributed by atoms with Crippen LogP contribution in [0.15, 0.2) is 42.6 Å². The van der Waals surface area contributed by atoms with Gasteiger partial charge in [0.15, 0.2) is 5.82 Å². The highest BCUT2D eigenvalue weighted by Gasteiger charge is 2.19. The van der Waals surface area contributed by atoms with Crippen LogP contribution in [0, 0.1) is 0 Å². The first-order valence-corrected chi connectivity index (χ1v) is 9.06. The zero-order valence-corrected chi connectivity index (χ0v) is 15.2. The first kappa shape index (κ1) is 17.5. The van der Waals surface area contributed by atoms with Crippen LogP contribution in [0.1, 0.15) is 32.4 Å². The van der Waals surface area contributed by atoms with Crippen LogP contribution in [-0.4, -0.2) is 45.5 Å². The van der Waals surface area contributed by atoms with Crippen molar-refractivity contribution < 1.29 is 0 Å². The third-order valence-corrected chi connectivity index (χ3v) is 4.47. The maximum atomic E-state index is 4.70. The van der Waals surface area contributed by atoms with Crippen molar-refractivity contribution in [3.8, 4) is 11.5 Å².